The van der Waals surface area contributed by atoms with Crippen LogP contribution in [0.15, 0.2) is 48.9 Å². The molecule has 0 aliphatic carbocycles. The third-order valence-electron chi connectivity index (χ3n) is 4.33. The zero-order valence-corrected chi connectivity index (χ0v) is 12.1. The molecular weight excluding hydrogens is 258 g/mol. The molecule has 3 aromatic rings. The SMILES string of the molecule is Cc1c(-c2ccncn2)c(-c2ccccc2)c2n1CCC2. The Kier molecular flexibility index (Phi) is 2.85. The van der Waals surface area contributed by atoms with Crippen LogP contribution in [0.25, 0.3) is 22.4 Å². The lowest BCUT2D eigenvalue weighted by Crippen LogP contribution is -1.95. The van der Waals surface area contributed by atoms with Crippen LogP contribution in [0.2, 0.25) is 0 Å². The van der Waals surface area contributed by atoms with Gasteiger partial charge in [-0.2, -0.15) is 0 Å². The van der Waals surface area contributed by atoms with Gasteiger partial charge in [0.15, 0.2) is 0 Å². The minimum absolute atomic E-state index is 1.02. The quantitative estimate of drug-likeness (QED) is 0.711. The fraction of sp³-hybridized carbons (Fsp3) is 0.222. The van der Waals surface area contributed by atoms with E-state index in [1.54, 1.807) is 6.33 Å². The van der Waals surface area contributed by atoms with Crippen molar-refractivity contribution < 1.29 is 0 Å². The third-order valence-corrected chi connectivity index (χ3v) is 4.33. The smallest absolute Gasteiger partial charge is 0.116 e. The highest BCUT2D eigenvalue weighted by Crippen LogP contribution is 2.41. The molecule has 0 N–H and O–H groups in total. The molecule has 4 rings (SSSR count). The van der Waals surface area contributed by atoms with Gasteiger partial charge in [-0.1, -0.05) is 30.3 Å². The van der Waals surface area contributed by atoms with Gasteiger partial charge < -0.3 is 4.57 Å². The van der Waals surface area contributed by atoms with E-state index in [4.69, 9.17) is 0 Å². The monoisotopic (exact) mass is 275 g/mol. The van der Waals surface area contributed by atoms with Crippen molar-refractivity contribution >= 4 is 0 Å². The summed E-state index contributed by atoms with van der Waals surface area (Å²) in [6.45, 7) is 3.32. The summed E-state index contributed by atoms with van der Waals surface area (Å²) in [5.41, 5.74) is 7.68. The number of nitrogens with zero attached hydrogens (tertiary/aromatic N) is 3. The number of fused-ring (bicyclic) bond motifs is 1. The minimum Gasteiger partial charge on any atom is -0.348 e. The van der Waals surface area contributed by atoms with Crippen molar-refractivity contribution in [2.45, 2.75) is 26.3 Å². The van der Waals surface area contributed by atoms with Crippen molar-refractivity contribution in [2.24, 2.45) is 0 Å². The summed E-state index contributed by atoms with van der Waals surface area (Å²) in [4.78, 5) is 8.53. The van der Waals surface area contributed by atoms with E-state index in [2.05, 4.69) is 51.8 Å². The van der Waals surface area contributed by atoms with Crippen molar-refractivity contribution in [2.75, 3.05) is 0 Å². The maximum atomic E-state index is 4.48. The maximum absolute atomic E-state index is 4.48. The molecule has 0 bridgehead atoms. The highest BCUT2D eigenvalue weighted by Gasteiger charge is 2.25. The van der Waals surface area contributed by atoms with Crippen molar-refractivity contribution in [3.63, 3.8) is 0 Å². The molecule has 3 heteroatoms. The number of benzene rings is 1. The molecule has 21 heavy (non-hydrogen) atoms. The minimum atomic E-state index is 1.02. The maximum Gasteiger partial charge on any atom is 0.116 e. The third kappa shape index (κ3) is 1.88. The van der Waals surface area contributed by atoms with Crippen LogP contribution in [0.1, 0.15) is 17.8 Å². The Morgan fingerprint density at radius 1 is 1.05 bits per heavy atom. The molecule has 0 atom stereocenters. The fourth-order valence-corrected chi connectivity index (χ4v) is 3.43. The molecular formula is C18H17N3. The summed E-state index contributed by atoms with van der Waals surface area (Å²) < 4.78 is 2.46. The summed E-state index contributed by atoms with van der Waals surface area (Å²) in [5.74, 6) is 0. The van der Waals surface area contributed by atoms with Gasteiger partial charge in [-0.25, -0.2) is 9.97 Å². The van der Waals surface area contributed by atoms with Crippen molar-refractivity contribution in [1.82, 2.24) is 14.5 Å². The van der Waals surface area contributed by atoms with E-state index in [0.29, 0.717) is 0 Å². The van der Waals surface area contributed by atoms with Crippen LogP contribution in [0, 0.1) is 6.92 Å². The molecule has 3 nitrogen and oxygen atoms in total. The van der Waals surface area contributed by atoms with Crippen LogP contribution in [0.5, 0.6) is 0 Å². The normalized spacial score (nSPS) is 13.4. The molecule has 0 unspecified atom stereocenters. The summed E-state index contributed by atoms with van der Waals surface area (Å²) in [7, 11) is 0. The van der Waals surface area contributed by atoms with Gasteiger partial charge in [0.1, 0.15) is 6.33 Å². The molecule has 1 aliphatic rings. The van der Waals surface area contributed by atoms with Gasteiger partial charge >= 0.3 is 0 Å². The largest absolute Gasteiger partial charge is 0.348 e. The van der Waals surface area contributed by atoms with Crippen LogP contribution < -0.4 is 0 Å². The molecule has 2 aromatic heterocycles. The standard InChI is InChI=1S/C18H17N3/c1-13-17(15-9-10-19-12-20-15)18(14-6-3-2-4-7-14)16-8-5-11-21(13)16/h2-4,6-7,9-10,12H,5,8,11H2,1H3. The summed E-state index contributed by atoms with van der Waals surface area (Å²) >= 11 is 0. The predicted octanol–water partition coefficient (Wildman–Crippen LogP) is 3.87. The van der Waals surface area contributed by atoms with E-state index in [1.165, 1.54) is 34.5 Å². The van der Waals surface area contributed by atoms with E-state index in [-0.39, 0.29) is 0 Å². The second kappa shape index (κ2) is 4.85. The van der Waals surface area contributed by atoms with E-state index in [0.717, 1.165) is 18.7 Å². The van der Waals surface area contributed by atoms with Crippen molar-refractivity contribution in [3.05, 3.63) is 60.3 Å². The van der Waals surface area contributed by atoms with Gasteiger partial charge in [0.05, 0.1) is 5.69 Å². The van der Waals surface area contributed by atoms with Crippen LogP contribution in [-0.2, 0) is 13.0 Å². The molecule has 0 fully saturated rings. The Morgan fingerprint density at radius 2 is 1.90 bits per heavy atom. The Hall–Kier alpha value is -2.42. The second-order valence-corrected chi connectivity index (χ2v) is 5.50. The average Bonchev–Trinajstić information content (AvgIpc) is 3.11. The lowest BCUT2D eigenvalue weighted by Gasteiger charge is -2.07. The number of hydrogen-bond donors (Lipinski definition) is 0. The average molecular weight is 275 g/mol. The van der Waals surface area contributed by atoms with E-state index in [1.807, 2.05) is 12.3 Å². The van der Waals surface area contributed by atoms with Gasteiger partial charge in [0.2, 0.25) is 0 Å². The molecule has 0 amide bonds. The number of hydrogen-bond acceptors (Lipinski definition) is 2. The summed E-state index contributed by atoms with van der Waals surface area (Å²) in [6.07, 6.45) is 5.84. The Labute approximate surface area is 124 Å². The summed E-state index contributed by atoms with van der Waals surface area (Å²) in [5, 5.41) is 0. The molecule has 1 aliphatic heterocycles. The van der Waals surface area contributed by atoms with E-state index >= 15 is 0 Å². The predicted molar refractivity (Wildman–Crippen MR) is 84.0 cm³/mol. The molecule has 0 spiro atoms. The Bertz CT molecular complexity index is 773. The van der Waals surface area contributed by atoms with Crippen LogP contribution >= 0.6 is 0 Å². The first kappa shape index (κ1) is 12.3. The molecule has 0 saturated carbocycles. The highest BCUT2D eigenvalue weighted by atomic mass is 15.0. The molecule has 1 aromatic carbocycles. The van der Waals surface area contributed by atoms with Gasteiger partial charge in [-0.05, 0) is 31.4 Å². The number of aromatic nitrogens is 3. The van der Waals surface area contributed by atoms with Gasteiger partial charge in [-0.15, -0.1) is 0 Å². The molecule has 0 radical (unpaired) electrons. The zero-order chi connectivity index (χ0) is 14.2. The molecule has 104 valence electrons. The Balaban J connectivity index is 2.03. The van der Waals surface area contributed by atoms with Gasteiger partial charge in [-0.3, -0.25) is 0 Å². The van der Waals surface area contributed by atoms with Crippen LogP contribution in [0.4, 0.5) is 0 Å². The number of rotatable bonds is 2. The first-order valence-electron chi connectivity index (χ1n) is 7.40. The van der Waals surface area contributed by atoms with Crippen LogP contribution in [-0.4, -0.2) is 14.5 Å². The lowest BCUT2D eigenvalue weighted by atomic mass is 9.97. The van der Waals surface area contributed by atoms with Crippen LogP contribution in [0.3, 0.4) is 0 Å². The van der Waals surface area contributed by atoms with Crippen molar-refractivity contribution in [1.29, 1.82) is 0 Å². The topological polar surface area (TPSA) is 30.7 Å². The molecule has 0 saturated heterocycles. The fourth-order valence-electron chi connectivity index (χ4n) is 3.43. The summed E-state index contributed by atoms with van der Waals surface area (Å²) in [6, 6.07) is 12.7. The first-order valence-corrected chi connectivity index (χ1v) is 7.40. The van der Waals surface area contributed by atoms with E-state index < -0.39 is 0 Å². The lowest BCUT2D eigenvalue weighted by molar-refractivity contribution is 0.730. The highest BCUT2D eigenvalue weighted by molar-refractivity contribution is 5.86. The first-order chi connectivity index (χ1) is 10.4. The molecule has 3 heterocycles. The van der Waals surface area contributed by atoms with Crippen molar-refractivity contribution in [3.8, 4) is 22.4 Å². The van der Waals surface area contributed by atoms with Gasteiger partial charge in [0, 0.05) is 35.3 Å². The zero-order valence-electron chi connectivity index (χ0n) is 12.1. The van der Waals surface area contributed by atoms with Gasteiger partial charge in [0.25, 0.3) is 0 Å². The Morgan fingerprint density at radius 3 is 2.67 bits per heavy atom. The van der Waals surface area contributed by atoms with E-state index in [9.17, 15) is 0 Å². The second-order valence-electron chi connectivity index (χ2n) is 5.50.